The average Bonchev–Trinajstić information content (AvgIpc) is 2.73. The third kappa shape index (κ3) is 3.58. The molecule has 17 heavy (non-hydrogen) atoms. The SMILES string of the molecule is CC(C)NC(C)(C#N)CCn1ccnc1C#N. The molecule has 0 aliphatic carbocycles. The summed E-state index contributed by atoms with van der Waals surface area (Å²) >= 11 is 0. The van der Waals surface area contributed by atoms with Crippen molar-refractivity contribution in [1.29, 1.82) is 10.5 Å². The molecular weight excluding hydrogens is 214 g/mol. The lowest BCUT2D eigenvalue weighted by Gasteiger charge is -2.26. The Hall–Kier alpha value is -1.85. The summed E-state index contributed by atoms with van der Waals surface area (Å²) in [4.78, 5) is 3.92. The molecule has 0 aliphatic rings. The van der Waals surface area contributed by atoms with Crippen molar-refractivity contribution in [2.45, 2.75) is 45.3 Å². The van der Waals surface area contributed by atoms with Crippen molar-refractivity contribution < 1.29 is 0 Å². The molecule has 5 nitrogen and oxygen atoms in total. The number of aryl methyl sites for hydroxylation is 1. The van der Waals surface area contributed by atoms with Crippen molar-refractivity contribution in [3.63, 3.8) is 0 Å². The normalized spacial score (nSPS) is 14.0. The topological polar surface area (TPSA) is 77.4 Å². The highest BCUT2D eigenvalue weighted by atomic mass is 15.1. The smallest absolute Gasteiger partial charge is 0.212 e. The Kier molecular flexibility index (Phi) is 4.25. The third-order valence-corrected chi connectivity index (χ3v) is 2.52. The van der Waals surface area contributed by atoms with Gasteiger partial charge < -0.3 is 4.57 Å². The number of aromatic nitrogens is 2. The predicted octanol–water partition coefficient (Wildman–Crippen LogP) is 1.43. The number of hydrogen-bond donors (Lipinski definition) is 1. The number of nitriles is 2. The highest BCUT2D eigenvalue weighted by Gasteiger charge is 2.24. The molecule has 1 N–H and O–H groups in total. The molecule has 0 aromatic carbocycles. The molecule has 0 amide bonds. The molecule has 0 fully saturated rings. The molecule has 5 heteroatoms. The van der Waals surface area contributed by atoms with Gasteiger partial charge in [-0.1, -0.05) is 0 Å². The van der Waals surface area contributed by atoms with E-state index in [9.17, 15) is 5.26 Å². The molecule has 90 valence electrons. The quantitative estimate of drug-likeness (QED) is 0.831. The zero-order chi connectivity index (χ0) is 12.9. The molecule has 1 aromatic heterocycles. The van der Waals surface area contributed by atoms with Crippen LogP contribution in [0.1, 0.15) is 33.0 Å². The van der Waals surface area contributed by atoms with Crippen molar-refractivity contribution in [3.05, 3.63) is 18.2 Å². The van der Waals surface area contributed by atoms with Crippen molar-refractivity contribution in [3.8, 4) is 12.1 Å². The van der Waals surface area contributed by atoms with Gasteiger partial charge in [-0.05, 0) is 27.2 Å². The summed E-state index contributed by atoms with van der Waals surface area (Å²) in [5, 5.41) is 21.2. The summed E-state index contributed by atoms with van der Waals surface area (Å²) in [6, 6.07) is 4.55. The molecule has 0 aliphatic heterocycles. The van der Waals surface area contributed by atoms with Gasteiger partial charge in [-0.3, -0.25) is 5.32 Å². The van der Waals surface area contributed by atoms with Crippen LogP contribution in [0.15, 0.2) is 12.4 Å². The van der Waals surface area contributed by atoms with E-state index in [2.05, 4.69) is 16.4 Å². The van der Waals surface area contributed by atoms with Gasteiger partial charge in [0.25, 0.3) is 0 Å². The van der Waals surface area contributed by atoms with Gasteiger partial charge in [0.15, 0.2) is 0 Å². The van der Waals surface area contributed by atoms with Gasteiger partial charge in [-0.15, -0.1) is 0 Å². The van der Waals surface area contributed by atoms with Crippen LogP contribution in [0.3, 0.4) is 0 Å². The van der Waals surface area contributed by atoms with E-state index >= 15 is 0 Å². The first-order valence-corrected chi connectivity index (χ1v) is 5.61. The lowest BCUT2D eigenvalue weighted by molar-refractivity contribution is 0.362. The van der Waals surface area contributed by atoms with E-state index < -0.39 is 5.54 Å². The number of nitrogens with one attached hydrogen (secondary N) is 1. The Morgan fingerprint density at radius 2 is 2.24 bits per heavy atom. The van der Waals surface area contributed by atoms with Gasteiger partial charge >= 0.3 is 0 Å². The van der Waals surface area contributed by atoms with Crippen molar-refractivity contribution in [2.75, 3.05) is 0 Å². The van der Waals surface area contributed by atoms with E-state index in [1.54, 1.807) is 17.0 Å². The van der Waals surface area contributed by atoms with Crippen molar-refractivity contribution in [2.24, 2.45) is 0 Å². The van der Waals surface area contributed by atoms with Crippen LogP contribution in [0.2, 0.25) is 0 Å². The first-order chi connectivity index (χ1) is 8.00. The second-order valence-corrected chi connectivity index (χ2v) is 4.55. The minimum Gasteiger partial charge on any atom is -0.323 e. The lowest BCUT2D eigenvalue weighted by atomic mass is 9.99. The Morgan fingerprint density at radius 3 is 2.76 bits per heavy atom. The van der Waals surface area contributed by atoms with Crippen LogP contribution in [0.25, 0.3) is 0 Å². The number of imidazole rings is 1. The fourth-order valence-electron chi connectivity index (χ4n) is 1.74. The largest absolute Gasteiger partial charge is 0.323 e. The maximum atomic E-state index is 9.19. The first kappa shape index (κ1) is 13.2. The molecule has 1 rings (SSSR count). The molecule has 0 radical (unpaired) electrons. The van der Waals surface area contributed by atoms with Gasteiger partial charge in [0.05, 0.1) is 6.07 Å². The van der Waals surface area contributed by atoms with Crippen LogP contribution in [0.5, 0.6) is 0 Å². The van der Waals surface area contributed by atoms with Crippen LogP contribution < -0.4 is 5.32 Å². The molecule has 0 bridgehead atoms. The Balaban J connectivity index is 2.66. The maximum Gasteiger partial charge on any atom is 0.212 e. The highest BCUT2D eigenvalue weighted by Crippen LogP contribution is 2.12. The van der Waals surface area contributed by atoms with E-state index in [-0.39, 0.29) is 6.04 Å². The van der Waals surface area contributed by atoms with Gasteiger partial charge in [0.2, 0.25) is 5.82 Å². The van der Waals surface area contributed by atoms with Gasteiger partial charge in [0.1, 0.15) is 11.6 Å². The van der Waals surface area contributed by atoms with E-state index in [1.807, 2.05) is 26.8 Å². The van der Waals surface area contributed by atoms with Gasteiger partial charge in [-0.2, -0.15) is 10.5 Å². The summed E-state index contributed by atoms with van der Waals surface area (Å²) in [6.45, 7) is 6.49. The standard InChI is InChI=1S/C12H17N5/c1-10(2)16-12(3,9-14)4-6-17-7-5-15-11(17)8-13/h5,7,10,16H,4,6H2,1-3H3. The monoisotopic (exact) mass is 231 g/mol. The van der Waals surface area contributed by atoms with Crippen LogP contribution in [-0.4, -0.2) is 21.1 Å². The average molecular weight is 231 g/mol. The first-order valence-electron chi connectivity index (χ1n) is 5.61. The predicted molar refractivity (Wildman–Crippen MR) is 63.8 cm³/mol. The summed E-state index contributed by atoms with van der Waals surface area (Å²) in [7, 11) is 0. The van der Waals surface area contributed by atoms with Crippen LogP contribution in [0.4, 0.5) is 0 Å². The molecule has 1 unspecified atom stereocenters. The zero-order valence-corrected chi connectivity index (χ0v) is 10.4. The summed E-state index contributed by atoms with van der Waals surface area (Å²) < 4.78 is 1.76. The molecule has 0 spiro atoms. The molecule has 0 saturated heterocycles. The molecule has 0 saturated carbocycles. The van der Waals surface area contributed by atoms with Crippen molar-refractivity contribution >= 4 is 0 Å². The highest BCUT2D eigenvalue weighted by molar-refractivity contribution is 5.12. The minimum atomic E-state index is -0.578. The van der Waals surface area contributed by atoms with Gasteiger partial charge in [-0.25, -0.2) is 4.98 Å². The Labute approximate surface area is 102 Å². The third-order valence-electron chi connectivity index (χ3n) is 2.52. The molecule has 1 atom stereocenters. The summed E-state index contributed by atoms with van der Waals surface area (Å²) in [6.07, 6.45) is 3.98. The van der Waals surface area contributed by atoms with Crippen LogP contribution >= 0.6 is 0 Å². The van der Waals surface area contributed by atoms with E-state index in [0.29, 0.717) is 18.8 Å². The minimum absolute atomic E-state index is 0.248. The van der Waals surface area contributed by atoms with Crippen molar-refractivity contribution in [1.82, 2.24) is 14.9 Å². The van der Waals surface area contributed by atoms with E-state index in [0.717, 1.165) is 0 Å². The van der Waals surface area contributed by atoms with Gasteiger partial charge in [0, 0.05) is 25.0 Å². The molecule has 1 heterocycles. The number of rotatable bonds is 5. The second-order valence-electron chi connectivity index (χ2n) is 4.55. The maximum absolute atomic E-state index is 9.19. The Morgan fingerprint density at radius 1 is 1.53 bits per heavy atom. The fourth-order valence-corrected chi connectivity index (χ4v) is 1.74. The lowest BCUT2D eigenvalue weighted by Crippen LogP contribution is -2.45. The van der Waals surface area contributed by atoms with Crippen LogP contribution in [-0.2, 0) is 6.54 Å². The Bertz CT molecular complexity index is 448. The van der Waals surface area contributed by atoms with E-state index in [1.165, 1.54) is 0 Å². The summed E-state index contributed by atoms with van der Waals surface area (Å²) in [5.74, 6) is 0.384. The fraction of sp³-hybridized carbons (Fsp3) is 0.583. The molecule has 1 aromatic rings. The van der Waals surface area contributed by atoms with Crippen LogP contribution in [0, 0.1) is 22.7 Å². The number of nitrogens with zero attached hydrogens (tertiary/aromatic N) is 4. The molecular formula is C12H17N5. The second kappa shape index (κ2) is 5.47. The van der Waals surface area contributed by atoms with E-state index in [4.69, 9.17) is 5.26 Å². The summed E-state index contributed by atoms with van der Waals surface area (Å²) in [5.41, 5.74) is -0.578. The zero-order valence-electron chi connectivity index (χ0n) is 10.4. The number of hydrogen-bond acceptors (Lipinski definition) is 4.